The first kappa shape index (κ1) is 17.5. The average Bonchev–Trinajstić information content (AvgIpc) is 2.76. The van der Waals surface area contributed by atoms with E-state index in [1.54, 1.807) is 13.8 Å². The normalized spacial score (nSPS) is 10.3. The molecule has 126 valence electrons. The van der Waals surface area contributed by atoms with Gasteiger partial charge in [0.1, 0.15) is 17.4 Å². The first-order valence-electron chi connectivity index (χ1n) is 7.76. The summed E-state index contributed by atoms with van der Waals surface area (Å²) in [7, 11) is 0. The van der Waals surface area contributed by atoms with Crippen molar-refractivity contribution >= 4 is 17.7 Å². The predicted molar refractivity (Wildman–Crippen MR) is 90.8 cm³/mol. The number of furan rings is 1. The van der Waals surface area contributed by atoms with Crippen LogP contribution in [-0.4, -0.2) is 22.4 Å². The second kappa shape index (κ2) is 7.59. The summed E-state index contributed by atoms with van der Waals surface area (Å²) >= 11 is 0. The molecular weight excluding hydrogens is 306 g/mol. The average molecular weight is 327 g/mol. The number of nitrogens with one attached hydrogen (secondary N) is 2. The highest BCUT2D eigenvalue weighted by atomic mass is 16.4. The molecule has 0 aliphatic rings. The highest BCUT2D eigenvalue weighted by Crippen LogP contribution is 2.25. The molecule has 0 aromatic carbocycles. The topological polar surface area (TPSA) is 104 Å². The van der Waals surface area contributed by atoms with E-state index in [0.29, 0.717) is 36.7 Å². The fourth-order valence-corrected chi connectivity index (χ4v) is 2.29. The van der Waals surface area contributed by atoms with E-state index < -0.39 is 0 Å². The third-order valence-electron chi connectivity index (χ3n) is 3.60. The van der Waals surface area contributed by atoms with E-state index in [-0.39, 0.29) is 11.8 Å². The number of hydrogen-bond donors (Lipinski definition) is 2. The summed E-state index contributed by atoms with van der Waals surface area (Å²) in [6.45, 7) is 7.96. The molecule has 2 aromatic rings. The Morgan fingerprint density at radius 3 is 2.54 bits per heavy atom. The number of anilines is 2. The molecule has 7 heteroatoms. The minimum Gasteiger partial charge on any atom is -0.444 e. The summed E-state index contributed by atoms with van der Waals surface area (Å²) in [4.78, 5) is 20.5. The molecule has 7 nitrogen and oxygen atoms in total. The molecule has 0 saturated heterocycles. The van der Waals surface area contributed by atoms with Gasteiger partial charge in [-0.05, 0) is 40.2 Å². The molecule has 0 bridgehead atoms. The number of hydrogen-bond acceptors (Lipinski definition) is 6. The molecule has 2 aromatic heterocycles. The third-order valence-corrected chi connectivity index (χ3v) is 3.60. The molecule has 2 heterocycles. The molecule has 0 spiro atoms. The van der Waals surface area contributed by atoms with E-state index in [1.807, 2.05) is 19.9 Å². The lowest BCUT2D eigenvalue weighted by molar-refractivity contribution is -0.116. The van der Waals surface area contributed by atoms with Gasteiger partial charge in [0, 0.05) is 29.9 Å². The van der Waals surface area contributed by atoms with Gasteiger partial charge < -0.3 is 9.73 Å². The zero-order valence-corrected chi connectivity index (χ0v) is 14.4. The predicted octanol–water partition coefficient (Wildman–Crippen LogP) is 3.01. The minimum absolute atomic E-state index is 0.191. The smallest absolute Gasteiger partial charge is 0.226 e. The number of amides is 1. The van der Waals surface area contributed by atoms with E-state index in [9.17, 15) is 4.79 Å². The van der Waals surface area contributed by atoms with Crippen molar-refractivity contribution < 1.29 is 9.21 Å². The Hall–Kier alpha value is -2.88. The summed E-state index contributed by atoms with van der Waals surface area (Å²) in [5.41, 5.74) is 2.93. The third kappa shape index (κ3) is 4.32. The zero-order valence-electron chi connectivity index (χ0n) is 14.4. The van der Waals surface area contributed by atoms with E-state index in [0.717, 1.165) is 17.0 Å². The Morgan fingerprint density at radius 1 is 1.25 bits per heavy atom. The van der Waals surface area contributed by atoms with Crippen LogP contribution < -0.4 is 10.6 Å². The number of nitriles is 1. The maximum absolute atomic E-state index is 12.0. The van der Waals surface area contributed by atoms with Gasteiger partial charge in [-0.3, -0.25) is 10.1 Å². The summed E-state index contributed by atoms with van der Waals surface area (Å²) in [6.07, 6.45) is 0.921. The Bertz CT molecular complexity index is 769. The van der Waals surface area contributed by atoms with Crippen molar-refractivity contribution in [3.63, 3.8) is 0 Å². The fourth-order valence-electron chi connectivity index (χ4n) is 2.29. The minimum atomic E-state index is -0.191. The van der Waals surface area contributed by atoms with Gasteiger partial charge in [0.2, 0.25) is 17.7 Å². The number of nitrogens with zero attached hydrogens (tertiary/aromatic N) is 3. The van der Waals surface area contributed by atoms with Crippen LogP contribution in [0.4, 0.5) is 11.8 Å². The van der Waals surface area contributed by atoms with Gasteiger partial charge in [0.05, 0.1) is 0 Å². The Kier molecular flexibility index (Phi) is 5.53. The van der Waals surface area contributed by atoms with Gasteiger partial charge in [-0.1, -0.05) is 0 Å². The summed E-state index contributed by atoms with van der Waals surface area (Å²) in [6, 6.07) is 3.95. The molecule has 0 unspecified atom stereocenters. The van der Waals surface area contributed by atoms with E-state index in [1.165, 1.54) is 0 Å². The lowest BCUT2D eigenvalue weighted by atomic mass is 10.2. The van der Waals surface area contributed by atoms with Crippen molar-refractivity contribution in [2.75, 3.05) is 17.2 Å². The molecular formula is C17H21N5O2. The van der Waals surface area contributed by atoms with Gasteiger partial charge >= 0.3 is 0 Å². The highest BCUT2D eigenvalue weighted by Gasteiger charge is 2.16. The lowest BCUT2D eigenvalue weighted by Crippen LogP contribution is -2.14. The monoisotopic (exact) mass is 327 g/mol. The van der Waals surface area contributed by atoms with Crippen molar-refractivity contribution in [2.24, 2.45) is 0 Å². The first-order valence-corrected chi connectivity index (χ1v) is 7.76. The van der Waals surface area contributed by atoms with Crippen LogP contribution in [0.25, 0.3) is 0 Å². The molecule has 1 amide bonds. The number of carbonyl (C=O) groups excluding carboxylic acids is 1. The molecule has 0 aliphatic heterocycles. The second-order valence-corrected chi connectivity index (χ2v) is 5.65. The van der Waals surface area contributed by atoms with Gasteiger partial charge in [-0.25, -0.2) is 9.97 Å². The molecule has 0 radical (unpaired) electrons. The molecule has 0 aliphatic carbocycles. The Balaban J connectivity index is 1.82. The Labute approximate surface area is 141 Å². The van der Waals surface area contributed by atoms with E-state index in [4.69, 9.17) is 9.68 Å². The number of aryl methyl sites for hydroxylation is 3. The van der Waals surface area contributed by atoms with Crippen molar-refractivity contribution in [3.05, 3.63) is 34.3 Å². The van der Waals surface area contributed by atoms with Crippen molar-refractivity contribution in [1.29, 1.82) is 5.26 Å². The largest absolute Gasteiger partial charge is 0.444 e. The number of aromatic nitrogens is 2. The van der Waals surface area contributed by atoms with Gasteiger partial charge in [-0.15, -0.1) is 0 Å². The van der Waals surface area contributed by atoms with Gasteiger partial charge in [-0.2, -0.15) is 5.26 Å². The Morgan fingerprint density at radius 2 is 1.92 bits per heavy atom. The summed E-state index contributed by atoms with van der Waals surface area (Å²) in [5, 5.41) is 14.9. The van der Waals surface area contributed by atoms with Crippen LogP contribution in [0.2, 0.25) is 0 Å². The number of rotatable bonds is 6. The van der Waals surface area contributed by atoms with Crippen LogP contribution >= 0.6 is 0 Å². The molecule has 2 rings (SSSR count). The summed E-state index contributed by atoms with van der Waals surface area (Å²) < 4.78 is 5.42. The van der Waals surface area contributed by atoms with Crippen LogP contribution in [0.15, 0.2) is 10.5 Å². The molecule has 2 N–H and O–H groups in total. The summed E-state index contributed by atoms with van der Waals surface area (Å²) in [5.74, 6) is 1.24. The van der Waals surface area contributed by atoms with E-state index >= 15 is 0 Å². The molecule has 0 atom stereocenters. The van der Waals surface area contributed by atoms with Gasteiger partial charge in [0.25, 0.3) is 0 Å². The molecule has 0 fully saturated rings. The fraction of sp³-hybridized carbons (Fsp3) is 0.412. The number of carbonyl (C=O) groups is 1. The van der Waals surface area contributed by atoms with E-state index in [2.05, 4.69) is 26.7 Å². The van der Waals surface area contributed by atoms with Crippen LogP contribution in [0, 0.1) is 39.0 Å². The van der Waals surface area contributed by atoms with Crippen molar-refractivity contribution in [2.45, 2.75) is 40.5 Å². The maximum Gasteiger partial charge on any atom is 0.226 e. The standard InChI is InChI=1S/C17H21N5O2/c1-10-8-11(2)21-17(20-10)19-7-5-6-15(23)22-16-14(9-18)12(3)13(4)24-16/h8H,5-7H2,1-4H3,(H,22,23)(H,19,20,21). The van der Waals surface area contributed by atoms with Crippen molar-refractivity contribution in [3.8, 4) is 6.07 Å². The van der Waals surface area contributed by atoms with Crippen LogP contribution in [0.3, 0.4) is 0 Å². The molecule has 24 heavy (non-hydrogen) atoms. The zero-order chi connectivity index (χ0) is 17.7. The SMILES string of the molecule is Cc1cc(C)nc(NCCCC(=O)Nc2oc(C)c(C)c2C#N)n1. The maximum atomic E-state index is 12.0. The lowest BCUT2D eigenvalue weighted by Gasteiger charge is -2.06. The van der Waals surface area contributed by atoms with Crippen LogP contribution in [0.1, 0.15) is 41.1 Å². The first-order chi connectivity index (χ1) is 11.4. The highest BCUT2D eigenvalue weighted by molar-refractivity contribution is 5.90. The van der Waals surface area contributed by atoms with Crippen LogP contribution in [-0.2, 0) is 4.79 Å². The van der Waals surface area contributed by atoms with Crippen molar-refractivity contribution in [1.82, 2.24) is 9.97 Å². The second-order valence-electron chi connectivity index (χ2n) is 5.65. The van der Waals surface area contributed by atoms with Crippen LogP contribution in [0.5, 0.6) is 0 Å². The quantitative estimate of drug-likeness (QED) is 0.790. The van der Waals surface area contributed by atoms with Gasteiger partial charge in [0.15, 0.2) is 0 Å². The molecule has 0 saturated carbocycles.